The molecule has 0 saturated carbocycles. The Hall–Kier alpha value is -2.11. The van der Waals surface area contributed by atoms with Crippen molar-refractivity contribution < 1.29 is 19.6 Å². The number of carbonyl (C=O) groups excluding carboxylic acids is 1. The SMILES string of the molecule is O=Cc1c(OCc2ccccc2)cccc1B(O)O. The smallest absolute Gasteiger partial charge is 0.488 e. The number of hydrogen-bond acceptors (Lipinski definition) is 4. The largest absolute Gasteiger partial charge is 0.489 e. The summed E-state index contributed by atoms with van der Waals surface area (Å²) in [6.07, 6.45) is 0.565. The van der Waals surface area contributed by atoms with Crippen LogP contribution in [0, 0.1) is 0 Å². The first-order valence-corrected chi connectivity index (χ1v) is 5.83. The normalized spacial score (nSPS) is 10.0. The molecule has 2 rings (SSSR count). The molecule has 0 spiro atoms. The molecular weight excluding hydrogens is 243 g/mol. The van der Waals surface area contributed by atoms with Crippen LogP contribution < -0.4 is 10.2 Å². The quantitative estimate of drug-likeness (QED) is 0.612. The summed E-state index contributed by atoms with van der Waals surface area (Å²) in [6.45, 7) is 0.312. The van der Waals surface area contributed by atoms with Gasteiger partial charge >= 0.3 is 7.12 Å². The molecular formula is C14H13BO4. The Balaban J connectivity index is 2.21. The summed E-state index contributed by atoms with van der Waals surface area (Å²) >= 11 is 0. The van der Waals surface area contributed by atoms with Gasteiger partial charge in [0.25, 0.3) is 0 Å². The van der Waals surface area contributed by atoms with E-state index in [-0.39, 0.29) is 11.0 Å². The summed E-state index contributed by atoms with van der Waals surface area (Å²) in [7, 11) is -1.69. The predicted molar refractivity (Wildman–Crippen MR) is 72.4 cm³/mol. The van der Waals surface area contributed by atoms with Gasteiger partial charge in [0.15, 0.2) is 6.29 Å². The third-order valence-corrected chi connectivity index (χ3v) is 2.73. The molecule has 0 unspecified atom stereocenters. The van der Waals surface area contributed by atoms with E-state index in [2.05, 4.69) is 0 Å². The summed E-state index contributed by atoms with van der Waals surface area (Å²) in [6, 6.07) is 14.2. The highest BCUT2D eigenvalue weighted by atomic mass is 16.5. The minimum absolute atomic E-state index is 0.139. The third kappa shape index (κ3) is 3.22. The summed E-state index contributed by atoms with van der Waals surface area (Å²) in [4.78, 5) is 11.1. The lowest BCUT2D eigenvalue weighted by Gasteiger charge is -2.11. The lowest BCUT2D eigenvalue weighted by Crippen LogP contribution is -2.33. The monoisotopic (exact) mass is 256 g/mol. The number of hydrogen-bond donors (Lipinski definition) is 2. The second kappa shape index (κ2) is 6.18. The van der Waals surface area contributed by atoms with Gasteiger partial charge < -0.3 is 14.8 Å². The maximum atomic E-state index is 11.1. The van der Waals surface area contributed by atoms with E-state index >= 15 is 0 Å². The zero-order valence-electron chi connectivity index (χ0n) is 10.2. The Morgan fingerprint density at radius 1 is 1.05 bits per heavy atom. The molecule has 2 aromatic carbocycles. The van der Waals surface area contributed by atoms with Gasteiger partial charge in [-0.2, -0.15) is 0 Å². The molecule has 0 aromatic heterocycles. The van der Waals surface area contributed by atoms with E-state index in [1.54, 1.807) is 12.1 Å². The first-order valence-electron chi connectivity index (χ1n) is 5.83. The van der Waals surface area contributed by atoms with Gasteiger partial charge in [-0.1, -0.05) is 42.5 Å². The lowest BCUT2D eigenvalue weighted by molar-refractivity contribution is 0.111. The molecule has 0 fully saturated rings. The Bertz CT molecular complexity index is 555. The molecule has 5 heteroatoms. The fourth-order valence-electron chi connectivity index (χ4n) is 1.77. The number of rotatable bonds is 5. The molecule has 19 heavy (non-hydrogen) atoms. The fraction of sp³-hybridized carbons (Fsp3) is 0.0714. The molecule has 0 amide bonds. The van der Waals surface area contributed by atoms with E-state index in [1.807, 2.05) is 30.3 Å². The number of ether oxygens (including phenoxy) is 1. The molecule has 2 N–H and O–H groups in total. The van der Waals surface area contributed by atoms with E-state index in [1.165, 1.54) is 6.07 Å². The molecule has 2 aromatic rings. The molecule has 4 nitrogen and oxygen atoms in total. The number of carbonyl (C=O) groups is 1. The van der Waals surface area contributed by atoms with E-state index in [0.717, 1.165) is 5.56 Å². The fourth-order valence-corrected chi connectivity index (χ4v) is 1.77. The molecule has 0 saturated heterocycles. The van der Waals surface area contributed by atoms with Gasteiger partial charge in [-0.3, -0.25) is 4.79 Å². The Morgan fingerprint density at radius 3 is 2.42 bits per heavy atom. The molecule has 96 valence electrons. The standard InChI is InChI=1S/C14H13BO4/c16-9-12-13(15(17)18)7-4-8-14(12)19-10-11-5-2-1-3-6-11/h1-9,17-18H,10H2. The summed E-state index contributed by atoms with van der Waals surface area (Å²) in [5.41, 5.74) is 1.27. The van der Waals surface area contributed by atoms with Gasteiger partial charge in [0.2, 0.25) is 0 Å². The maximum absolute atomic E-state index is 11.1. The highest BCUT2D eigenvalue weighted by Crippen LogP contribution is 2.16. The van der Waals surface area contributed by atoms with Crippen LogP contribution in [-0.2, 0) is 6.61 Å². The van der Waals surface area contributed by atoms with Gasteiger partial charge in [-0.25, -0.2) is 0 Å². The maximum Gasteiger partial charge on any atom is 0.489 e. The van der Waals surface area contributed by atoms with E-state index in [0.29, 0.717) is 18.6 Å². The van der Waals surface area contributed by atoms with Crippen molar-refractivity contribution in [3.05, 3.63) is 59.7 Å². The molecule has 0 atom stereocenters. The molecule has 0 bridgehead atoms. The lowest BCUT2D eigenvalue weighted by atomic mass is 9.77. The van der Waals surface area contributed by atoms with Gasteiger partial charge in [0.05, 0.1) is 5.56 Å². The van der Waals surface area contributed by atoms with Crippen LogP contribution in [0.4, 0.5) is 0 Å². The van der Waals surface area contributed by atoms with Crippen LogP contribution in [0.2, 0.25) is 0 Å². The van der Waals surface area contributed by atoms with Crippen molar-refractivity contribution in [1.29, 1.82) is 0 Å². The first kappa shape index (κ1) is 13.3. The average molecular weight is 256 g/mol. The van der Waals surface area contributed by atoms with Crippen molar-refractivity contribution in [2.24, 2.45) is 0 Å². The Kier molecular flexibility index (Phi) is 4.33. The Morgan fingerprint density at radius 2 is 1.79 bits per heavy atom. The summed E-state index contributed by atoms with van der Waals surface area (Å²) in [5.74, 6) is 0.337. The van der Waals surface area contributed by atoms with Gasteiger partial charge in [0.1, 0.15) is 12.4 Å². The molecule has 0 aliphatic carbocycles. The van der Waals surface area contributed by atoms with Crippen molar-refractivity contribution in [1.82, 2.24) is 0 Å². The topological polar surface area (TPSA) is 66.8 Å². The molecule has 0 aliphatic heterocycles. The Labute approximate surface area is 111 Å². The minimum atomic E-state index is -1.69. The molecule has 0 radical (unpaired) electrons. The third-order valence-electron chi connectivity index (χ3n) is 2.73. The van der Waals surface area contributed by atoms with Crippen molar-refractivity contribution in [2.75, 3.05) is 0 Å². The van der Waals surface area contributed by atoms with Crippen LogP contribution >= 0.6 is 0 Å². The summed E-state index contributed by atoms with van der Waals surface area (Å²) in [5, 5.41) is 18.4. The van der Waals surface area contributed by atoms with Crippen LogP contribution in [0.15, 0.2) is 48.5 Å². The van der Waals surface area contributed by atoms with Crippen LogP contribution in [0.3, 0.4) is 0 Å². The number of aldehydes is 1. The zero-order valence-corrected chi connectivity index (χ0v) is 10.2. The molecule has 0 aliphatic rings. The van der Waals surface area contributed by atoms with Crippen molar-refractivity contribution in [2.45, 2.75) is 6.61 Å². The number of benzene rings is 2. The van der Waals surface area contributed by atoms with E-state index in [4.69, 9.17) is 4.74 Å². The van der Waals surface area contributed by atoms with Crippen molar-refractivity contribution in [3.8, 4) is 5.75 Å². The minimum Gasteiger partial charge on any atom is -0.488 e. The van der Waals surface area contributed by atoms with Crippen molar-refractivity contribution in [3.63, 3.8) is 0 Å². The second-order valence-electron chi connectivity index (χ2n) is 4.02. The molecule has 0 heterocycles. The van der Waals surface area contributed by atoms with Crippen LogP contribution in [0.1, 0.15) is 15.9 Å². The highest BCUT2D eigenvalue weighted by molar-refractivity contribution is 6.60. The highest BCUT2D eigenvalue weighted by Gasteiger charge is 2.18. The zero-order chi connectivity index (χ0) is 13.7. The van der Waals surface area contributed by atoms with Crippen LogP contribution in [0.5, 0.6) is 5.75 Å². The van der Waals surface area contributed by atoms with E-state index < -0.39 is 7.12 Å². The summed E-state index contributed by atoms with van der Waals surface area (Å²) < 4.78 is 5.55. The van der Waals surface area contributed by atoms with Crippen LogP contribution in [-0.4, -0.2) is 23.5 Å². The second-order valence-corrected chi connectivity index (χ2v) is 4.02. The van der Waals surface area contributed by atoms with E-state index in [9.17, 15) is 14.8 Å². The van der Waals surface area contributed by atoms with Crippen molar-refractivity contribution >= 4 is 18.9 Å². The van der Waals surface area contributed by atoms with Crippen LogP contribution in [0.25, 0.3) is 0 Å². The predicted octanol–water partition coefficient (Wildman–Crippen LogP) is 0.758. The average Bonchev–Trinajstić information content (AvgIpc) is 2.45. The van der Waals surface area contributed by atoms with Gasteiger partial charge in [0, 0.05) is 0 Å². The van der Waals surface area contributed by atoms with Gasteiger partial charge in [-0.05, 0) is 17.1 Å². The first-order chi connectivity index (χ1) is 9.22. The van der Waals surface area contributed by atoms with Gasteiger partial charge in [-0.15, -0.1) is 0 Å².